The second kappa shape index (κ2) is 9.95. The zero-order valence-corrected chi connectivity index (χ0v) is 18.7. The number of benzene rings is 2. The van der Waals surface area contributed by atoms with Gasteiger partial charge in [-0.3, -0.25) is 20.2 Å². The van der Waals surface area contributed by atoms with Crippen molar-refractivity contribution in [1.29, 1.82) is 0 Å². The molecule has 2 aromatic carbocycles. The molecule has 2 fully saturated rings. The minimum absolute atomic E-state index is 0.0612. The van der Waals surface area contributed by atoms with Crippen molar-refractivity contribution in [2.45, 2.75) is 32.1 Å². The van der Waals surface area contributed by atoms with Crippen LogP contribution in [0.15, 0.2) is 42.5 Å². The van der Waals surface area contributed by atoms with Gasteiger partial charge in [-0.25, -0.2) is 0 Å². The number of carbonyl (C=O) groups is 1. The fourth-order valence-electron chi connectivity index (χ4n) is 4.36. The van der Waals surface area contributed by atoms with Crippen molar-refractivity contribution in [3.63, 3.8) is 0 Å². The predicted molar refractivity (Wildman–Crippen MR) is 131 cm³/mol. The van der Waals surface area contributed by atoms with Crippen molar-refractivity contribution in [3.8, 4) is 0 Å². The molecule has 0 bridgehead atoms. The van der Waals surface area contributed by atoms with Crippen LogP contribution in [0.4, 0.5) is 22.7 Å². The maximum absolute atomic E-state index is 12.8. The lowest BCUT2D eigenvalue weighted by Gasteiger charge is -2.30. The van der Waals surface area contributed by atoms with Gasteiger partial charge in [0.25, 0.3) is 11.6 Å². The van der Waals surface area contributed by atoms with Gasteiger partial charge in [-0.05, 0) is 68.6 Å². The van der Waals surface area contributed by atoms with Crippen molar-refractivity contribution in [1.82, 2.24) is 5.32 Å². The van der Waals surface area contributed by atoms with Crippen LogP contribution in [0, 0.1) is 10.1 Å². The minimum atomic E-state index is -0.478. The summed E-state index contributed by atoms with van der Waals surface area (Å²) < 4.78 is 0. The third-order valence-electron chi connectivity index (χ3n) is 5.96. The largest absolute Gasteiger partial charge is 0.370 e. The number of thiocarbonyl (C=S) groups is 1. The molecule has 9 heteroatoms. The summed E-state index contributed by atoms with van der Waals surface area (Å²) in [7, 11) is 0. The van der Waals surface area contributed by atoms with E-state index in [1.807, 2.05) is 29.2 Å². The van der Waals surface area contributed by atoms with E-state index in [2.05, 4.69) is 15.5 Å². The summed E-state index contributed by atoms with van der Waals surface area (Å²) in [4.78, 5) is 28.2. The molecule has 0 saturated carbocycles. The quantitative estimate of drug-likeness (QED) is 0.396. The number of hydrogen-bond donors (Lipinski definition) is 2. The first-order valence-electron chi connectivity index (χ1n) is 11.0. The number of carbonyl (C=O) groups excluding carboxylic acids is 1. The molecule has 0 atom stereocenters. The normalized spacial score (nSPS) is 16.0. The van der Waals surface area contributed by atoms with Crippen LogP contribution in [0.3, 0.4) is 0 Å². The number of hydrogen-bond acceptors (Lipinski definition) is 6. The van der Waals surface area contributed by atoms with Crippen molar-refractivity contribution >= 4 is 46.0 Å². The third kappa shape index (κ3) is 4.99. The second-order valence-electron chi connectivity index (χ2n) is 8.13. The third-order valence-corrected chi connectivity index (χ3v) is 6.16. The lowest BCUT2D eigenvalue weighted by Crippen LogP contribution is -2.35. The average molecular weight is 454 g/mol. The van der Waals surface area contributed by atoms with Gasteiger partial charge in [0.1, 0.15) is 5.69 Å². The summed E-state index contributed by atoms with van der Waals surface area (Å²) in [5, 5.41) is 17.5. The zero-order valence-electron chi connectivity index (χ0n) is 17.9. The number of para-hydroxylation sites is 2. The average Bonchev–Trinajstić information content (AvgIpc) is 3.34. The maximum Gasteiger partial charge on any atom is 0.293 e. The van der Waals surface area contributed by atoms with E-state index < -0.39 is 10.8 Å². The lowest BCUT2D eigenvalue weighted by atomic mass is 10.1. The van der Waals surface area contributed by atoms with Gasteiger partial charge in [-0.1, -0.05) is 12.1 Å². The van der Waals surface area contributed by atoms with Gasteiger partial charge in [0.2, 0.25) is 0 Å². The van der Waals surface area contributed by atoms with Gasteiger partial charge >= 0.3 is 0 Å². The Balaban J connectivity index is 1.46. The van der Waals surface area contributed by atoms with Crippen molar-refractivity contribution < 1.29 is 9.72 Å². The molecule has 2 aliphatic rings. The number of nitro groups is 1. The van der Waals surface area contributed by atoms with Gasteiger partial charge in [0.05, 0.1) is 16.3 Å². The molecule has 32 heavy (non-hydrogen) atoms. The Hall–Kier alpha value is -3.20. The van der Waals surface area contributed by atoms with Crippen LogP contribution >= 0.6 is 12.2 Å². The smallest absolute Gasteiger partial charge is 0.293 e. The van der Waals surface area contributed by atoms with Crippen LogP contribution in [-0.4, -0.2) is 42.1 Å². The molecule has 8 nitrogen and oxygen atoms in total. The monoisotopic (exact) mass is 453 g/mol. The van der Waals surface area contributed by atoms with Crippen LogP contribution in [0.2, 0.25) is 0 Å². The molecule has 2 aliphatic heterocycles. The topological polar surface area (TPSA) is 90.8 Å². The predicted octanol–water partition coefficient (Wildman–Crippen LogP) is 4.31. The van der Waals surface area contributed by atoms with E-state index in [9.17, 15) is 14.9 Å². The van der Waals surface area contributed by atoms with Gasteiger partial charge < -0.3 is 15.1 Å². The van der Waals surface area contributed by atoms with Crippen LogP contribution in [0.5, 0.6) is 0 Å². The molecular weight excluding hydrogens is 426 g/mol. The number of nitrogens with one attached hydrogen (secondary N) is 2. The first-order chi connectivity index (χ1) is 15.5. The molecule has 2 saturated heterocycles. The Morgan fingerprint density at radius 1 is 0.906 bits per heavy atom. The molecular formula is C23H27N5O3S. The van der Waals surface area contributed by atoms with E-state index in [-0.39, 0.29) is 16.4 Å². The van der Waals surface area contributed by atoms with Crippen molar-refractivity contribution in [2.75, 3.05) is 41.3 Å². The lowest BCUT2D eigenvalue weighted by molar-refractivity contribution is -0.384. The van der Waals surface area contributed by atoms with Crippen molar-refractivity contribution in [3.05, 3.63) is 58.1 Å². The Morgan fingerprint density at radius 2 is 1.53 bits per heavy atom. The zero-order chi connectivity index (χ0) is 22.5. The minimum Gasteiger partial charge on any atom is -0.370 e. The number of amides is 1. The Labute approximate surface area is 192 Å². The van der Waals surface area contributed by atoms with Crippen LogP contribution < -0.4 is 20.4 Å². The summed E-state index contributed by atoms with van der Waals surface area (Å²) in [5.74, 6) is -0.478. The summed E-state index contributed by atoms with van der Waals surface area (Å²) in [6.07, 6.45) is 5.57. The number of nitro benzene ring substituents is 1. The molecule has 1 amide bonds. The first-order valence-corrected chi connectivity index (χ1v) is 11.4. The van der Waals surface area contributed by atoms with E-state index >= 15 is 0 Å². The van der Waals surface area contributed by atoms with E-state index in [0.717, 1.165) is 63.2 Å². The van der Waals surface area contributed by atoms with Gasteiger partial charge in [0.15, 0.2) is 5.11 Å². The Kier molecular flexibility index (Phi) is 6.84. The molecule has 0 aliphatic carbocycles. The number of nitrogens with zero attached hydrogens (tertiary/aromatic N) is 3. The molecule has 2 N–H and O–H groups in total. The number of piperidine rings is 1. The van der Waals surface area contributed by atoms with E-state index in [1.54, 1.807) is 12.1 Å². The fraction of sp³-hybridized carbons (Fsp3) is 0.391. The molecule has 168 valence electrons. The molecule has 0 unspecified atom stereocenters. The summed E-state index contributed by atoms with van der Waals surface area (Å²) >= 11 is 5.37. The highest BCUT2D eigenvalue weighted by molar-refractivity contribution is 7.80. The SMILES string of the molecule is O=C(NC(=S)Nc1ccccc1N1CCCCC1)c1ccc(N2CCCC2)c([N+](=O)[O-])c1. The van der Waals surface area contributed by atoms with Gasteiger partial charge in [-0.15, -0.1) is 0 Å². The molecule has 0 spiro atoms. The van der Waals surface area contributed by atoms with E-state index in [4.69, 9.17) is 12.2 Å². The van der Waals surface area contributed by atoms with Crippen LogP contribution in [0.25, 0.3) is 0 Å². The van der Waals surface area contributed by atoms with Crippen LogP contribution in [0.1, 0.15) is 42.5 Å². The highest BCUT2D eigenvalue weighted by atomic mass is 32.1. The Morgan fingerprint density at radius 3 is 2.22 bits per heavy atom. The van der Waals surface area contributed by atoms with E-state index in [0.29, 0.717) is 5.69 Å². The summed E-state index contributed by atoms with van der Waals surface area (Å²) in [6, 6.07) is 12.5. The Bertz CT molecular complexity index is 1020. The molecule has 4 rings (SSSR count). The van der Waals surface area contributed by atoms with Crippen molar-refractivity contribution in [2.24, 2.45) is 0 Å². The standard InChI is InChI=1S/C23H27N5O3S/c29-22(17-10-11-20(21(16-17)28(30)31)27-14-6-7-15-27)25-23(32)24-18-8-2-3-9-19(18)26-12-4-1-5-13-26/h2-3,8-11,16H,1,4-7,12-15H2,(H2,24,25,29,32). The maximum atomic E-state index is 12.8. The molecule has 0 radical (unpaired) electrons. The first kappa shape index (κ1) is 22.0. The number of rotatable bonds is 5. The van der Waals surface area contributed by atoms with E-state index in [1.165, 1.54) is 12.5 Å². The molecule has 2 aromatic rings. The summed E-state index contributed by atoms with van der Waals surface area (Å²) in [6.45, 7) is 3.56. The fourth-order valence-corrected chi connectivity index (χ4v) is 4.56. The number of anilines is 3. The highest BCUT2D eigenvalue weighted by Gasteiger charge is 2.24. The summed E-state index contributed by atoms with van der Waals surface area (Å²) in [5.41, 5.74) is 2.58. The highest BCUT2D eigenvalue weighted by Crippen LogP contribution is 2.32. The molecule has 2 heterocycles. The molecule has 0 aromatic heterocycles. The van der Waals surface area contributed by atoms with Gasteiger partial charge in [-0.2, -0.15) is 0 Å². The van der Waals surface area contributed by atoms with Gasteiger partial charge in [0, 0.05) is 37.8 Å². The van der Waals surface area contributed by atoms with Crippen LogP contribution in [-0.2, 0) is 0 Å². The second-order valence-corrected chi connectivity index (χ2v) is 8.54.